The van der Waals surface area contributed by atoms with Gasteiger partial charge >= 0.3 is 17.9 Å². The molecule has 0 radical (unpaired) electrons. The Kier molecular flexibility index (Phi) is 18.8. The second kappa shape index (κ2) is 21.0. The van der Waals surface area contributed by atoms with Gasteiger partial charge in [-0.3, -0.25) is 0 Å². The van der Waals surface area contributed by atoms with Crippen LogP contribution in [0.2, 0.25) is 0 Å². The number of aliphatic carboxylic acids is 4. The summed E-state index contributed by atoms with van der Waals surface area (Å²) in [5.41, 5.74) is 1.04. The van der Waals surface area contributed by atoms with Gasteiger partial charge in [0.05, 0.1) is 31.6 Å². The molecule has 2 rings (SSSR count). The van der Waals surface area contributed by atoms with Gasteiger partial charge in [0.15, 0.2) is 0 Å². The van der Waals surface area contributed by atoms with Crippen molar-refractivity contribution in [1.82, 2.24) is 0 Å². The lowest BCUT2D eigenvalue weighted by atomic mass is 10.1. The third-order valence-electron chi connectivity index (χ3n) is 5.29. The highest BCUT2D eigenvalue weighted by molar-refractivity contribution is 5.89. The molecule has 5 N–H and O–H groups in total. The number of hydrogen-bond acceptors (Lipinski definition) is 8. The van der Waals surface area contributed by atoms with Crippen molar-refractivity contribution in [1.29, 1.82) is 0 Å². The van der Waals surface area contributed by atoms with Crippen LogP contribution in [0, 0.1) is 5.92 Å². The molecule has 0 aromatic heterocycles. The summed E-state index contributed by atoms with van der Waals surface area (Å²) >= 11 is 0. The first kappa shape index (κ1) is 35.0. The standard InChI is InChI=1S/C19H30N2O2.2C4H4O4/c1-16(2)10-15-23-19(22)18(17-8-4-3-5-9-17)20-11-14-21-12-6-7-13-21;2*5-3(6)1-2-4(7)8/h3-5,8-9,16,18,20H,6-7,10-15H2,1-2H3;2*1-2H,(H,5,6)(H,7,8)/b;2*2-1-. The Hall–Kier alpha value is -4.03. The summed E-state index contributed by atoms with van der Waals surface area (Å²) in [7, 11) is 0. The number of likely N-dealkylation sites (tertiary alicyclic amines) is 1. The molecule has 0 spiro atoms. The minimum absolute atomic E-state index is 0.103. The third-order valence-corrected chi connectivity index (χ3v) is 5.29. The van der Waals surface area contributed by atoms with Crippen molar-refractivity contribution in [2.24, 2.45) is 5.92 Å². The number of rotatable bonds is 13. The van der Waals surface area contributed by atoms with Gasteiger partial charge < -0.3 is 45.0 Å². The number of nitrogens with two attached hydrogens (primary N) is 1. The van der Waals surface area contributed by atoms with Crippen LogP contribution in [-0.2, 0) is 28.7 Å². The Balaban J connectivity index is 0.000000742. The van der Waals surface area contributed by atoms with Crippen molar-refractivity contribution in [3.63, 3.8) is 0 Å². The topological polar surface area (TPSA) is 202 Å². The van der Waals surface area contributed by atoms with Gasteiger partial charge in [-0.2, -0.15) is 0 Å². The second-order valence-corrected chi connectivity index (χ2v) is 8.95. The van der Waals surface area contributed by atoms with Gasteiger partial charge in [-0.05, 0) is 24.5 Å². The predicted molar refractivity (Wildman–Crippen MR) is 135 cm³/mol. The number of hydrogen-bond donors (Lipinski definition) is 4. The van der Waals surface area contributed by atoms with E-state index in [0.29, 0.717) is 36.8 Å². The number of carbonyl (C=O) groups excluding carboxylic acids is 3. The third kappa shape index (κ3) is 20.7. The average molecular weight is 551 g/mol. The molecular weight excluding hydrogens is 512 g/mol. The SMILES string of the molecule is CC(C)CCOC(=O)C([NH2+]CC[NH+]1CCCC1)c1ccccc1.O=C([O-])/C=C\C(=O)O.O=C([O-])/C=C\C(=O)O. The Morgan fingerprint density at radius 2 is 1.44 bits per heavy atom. The summed E-state index contributed by atoms with van der Waals surface area (Å²) in [5.74, 6) is -5.16. The number of carboxylic acid groups (broad SMARTS) is 4. The number of nitrogens with one attached hydrogen (secondary N) is 1. The number of esters is 1. The van der Waals surface area contributed by atoms with Crippen molar-refractivity contribution in [2.75, 3.05) is 32.8 Å². The summed E-state index contributed by atoms with van der Waals surface area (Å²) < 4.78 is 5.51. The van der Waals surface area contributed by atoms with Gasteiger partial charge in [0, 0.05) is 30.6 Å². The fraction of sp³-hybridized carbons (Fsp3) is 0.444. The zero-order chi connectivity index (χ0) is 29.6. The molecule has 1 saturated heterocycles. The first-order chi connectivity index (χ1) is 18.4. The lowest BCUT2D eigenvalue weighted by molar-refractivity contribution is -0.902. The van der Waals surface area contributed by atoms with E-state index in [9.17, 15) is 34.2 Å². The van der Waals surface area contributed by atoms with Crippen LogP contribution in [-0.4, -0.2) is 72.8 Å². The Morgan fingerprint density at radius 3 is 1.85 bits per heavy atom. The van der Waals surface area contributed by atoms with E-state index in [4.69, 9.17) is 14.9 Å². The largest absolute Gasteiger partial charge is 0.545 e. The first-order valence-electron chi connectivity index (χ1n) is 12.5. The molecular formula is C27H38N2O10. The molecule has 1 aliphatic rings. The molecule has 12 nitrogen and oxygen atoms in total. The molecule has 1 unspecified atom stereocenters. The van der Waals surface area contributed by atoms with E-state index in [1.165, 1.54) is 25.9 Å². The summed E-state index contributed by atoms with van der Waals surface area (Å²) in [4.78, 5) is 52.1. The smallest absolute Gasteiger partial charge is 0.369 e. The molecule has 0 amide bonds. The Bertz CT molecular complexity index is 889. The zero-order valence-corrected chi connectivity index (χ0v) is 22.2. The molecule has 39 heavy (non-hydrogen) atoms. The minimum atomic E-state index is -1.51. The number of carboxylic acids is 4. The van der Waals surface area contributed by atoms with Gasteiger partial charge in [0.2, 0.25) is 6.04 Å². The summed E-state index contributed by atoms with van der Waals surface area (Å²) in [6.45, 7) is 9.47. The van der Waals surface area contributed by atoms with E-state index in [1.54, 1.807) is 4.90 Å². The van der Waals surface area contributed by atoms with Crippen LogP contribution in [0.25, 0.3) is 0 Å². The van der Waals surface area contributed by atoms with Crippen LogP contribution in [0.1, 0.15) is 44.7 Å². The molecule has 1 aliphatic heterocycles. The fourth-order valence-corrected chi connectivity index (χ4v) is 3.37. The maximum Gasteiger partial charge on any atom is 0.369 e. The molecule has 1 atom stereocenters. The van der Waals surface area contributed by atoms with Crippen LogP contribution < -0.4 is 20.4 Å². The van der Waals surface area contributed by atoms with Crippen LogP contribution in [0.3, 0.4) is 0 Å². The zero-order valence-electron chi connectivity index (χ0n) is 22.2. The Labute approximate surface area is 227 Å². The Morgan fingerprint density at radius 1 is 0.923 bits per heavy atom. The summed E-state index contributed by atoms with van der Waals surface area (Å²) in [6, 6.07) is 9.78. The van der Waals surface area contributed by atoms with Crippen molar-refractivity contribution in [3.8, 4) is 0 Å². The molecule has 0 aliphatic carbocycles. The monoisotopic (exact) mass is 550 g/mol. The number of benzene rings is 1. The van der Waals surface area contributed by atoms with Gasteiger partial charge in [0.25, 0.3) is 0 Å². The average Bonchev–Trinajstić information content (AvgIpc) is 3.39. The summed E-state index contributed by atoms with van der Waals surface area (Å²) in [5, 5.41) is 36.6. The van der Waals surface area contributed by atoms with Crippen molar-refractivity contribution in [3.05, 3.63) is 60.2 Å². The number of carbonyl (C=O) groups is 5. The maximum absolute atomic E-state index is 12.5. The molecule has 0 saturated carbocycles. The number of ether oxygens (including phenoxy) is 1. The van der Waals surface area contributed by atoms with Gasteiger partial charge in [0.1, 0.15) is 13.1 Å². The van der Waals surface area contributed by atoms with E-state index in [1.807, 2.05) is 30.3 Å². The highest BCUT2D eigenvalue weighted by atomic mass is 16.5. The van der Waals surface area contributed by atoms with Crippen molar-refractivity contribution >= 4 is 29.8 Å². The maximum atomic E-state index is 12.5. The molecule has 0 bridgehead atoms. The van der Waals surface area contributed by atoms with E-state index in [-0.39, 0.29) is 12.0 Å². The summed E-state index contributed by atoms with van der Waals surface area (Å²) in [6.07, 6.45) is 5.49. The lowest BCUT2D eigenvalue weighted by Gasteiger charge is -2.17. The highest BCUT2D eigenvalue weighted by Gasteiger charge is 2.26. The van der Waals surface area contributed by atoms with Gasteiger partial charge in [-0.15, -0.1) is 0 Å². The molecule has 1 fully saturated rings. The van der Waals surface area contributed by atoms with Gasteiger partial charge in [-0.25, -0.2) is 14.4 Å². The van der Waals surface area contributed by atoms with E-state index < -0.39 is 23.9 Å². The predicted octanol–water partition coefficient (Wildman–Crippen LogP) is -2.69. The molecule has 1 heterocycles. The highest BCUT2D eigenvalue weighted by Crippen LogP contribution is 2.11. The molecule has 1 aromatic carbocycles. The number of quaternary nitrogens is 2. The first-order valence-corrected chi connectivity index (χ1v) is 12.5. The van der Waals surface area contributed by atoms with Crippen LogP contribution in [0.4, 0.5) is 0 Å². The van der Waals surface area contributed by atoms with Crippen LogP contribution >= 0.6 is 0 Å². The van der Waals surface area contributed by atoms with Crippen LogP contribution in [0.5, 0.6) is 0 Å². The van der Waals surface area contributed by atoms with E-state index in [0.717, 1.165) is 25.1 Å². The molecule has 12 heteroatoms. The van der Waals surface area contributed by atoms with Gasteiger partial charge in [-0.1, -0.05) is 44.2 Å². The van der Waals surface area contributed by atoms with E-state index in [2.05, 4.69) is 19.2 Å². The molecule has 1 aromatic rings. The normalized spacial score (nSPS) is 13.7. The van der Waals surface area contributed by atoms with Crippen LogP contribution in [0.15, 0.2) is 54.6 Å². The van der Waals surface area contributed by atoms with E-state index >= 15 is 0 Å². The quantitative estimate of drug-likeness (QED) is 0.148. The second-order valence-electron chi connectivity index (χ2n) is 8.95. The fourth-order valence-electron chi connectivity index (χ4n) is 3.37. The lowest BCUT2D eigenvalue weighted by Crippen LogP contribution is -3.13. The minimum Gasteiger partial charge on any atom is -0.545 e. The van der Waals surface area contributed by atoms with Crippen molar-refractivity contribution < 1.29 is 59.4 Å². The van der Waals surface area contributed by atoms with Crippen molar-refractivity contribution in [2.45, 2.75) is 39.2 Å². The molecule has 216 valence electrons.